The molecule has 0 aliphatic heterocycles. The molecule has 0 aliphatic carbocycles. The Balaban J connectivity index is 0.000000503. The average molecular weight is 484 g/mol. The molecule has 6 aromatic rings. The van der Waals surface area contributed by atoms with E-state index in [-0.39, 0.29) is 5.97 Å². The van der Waals surface area contributed by atoms with Crippen LogP contribution < -0.4 is 0 Å². The minimum Gasteiger partial charge on any atom is -0.452 e. The first-order valence-electron chi connectivity index (χ1n) is 12.6. The first-order chi connectivity index (χ1) is 18.3. The van der Waals surface area contributed by atoms with Gasteiger partial charge in [0.25, 0.3) is 0 Å². The number of fused-ring (bicyclic) bond motifs is 2. The van der Waals surface area contributed by atoms with Gasteiger partial charge in [0.1, 0.15) is 0 Å². The third-order valence-electron chi connectivity index (χ3n) is 6.42. The van der Waals surface area contributed by atoms with Crippen LogP contribution in [0, 0.1) is 0 Å². The van der Waals surface area contributed by atoms with Crippen molar-refractivity contribution < 1.29 is 9.53 Å². The molecule has 0 fully saturated rings. The van der Waals surface area contributed by atoms with Crippen LogP contribution in [-0.4, -0.2) is 11.0 Å². The average Bonchev–Trinajstić information content (AvgIpc) is 3.56. The van der Waals surface area contributed by atoms with Gasteiger partial charge in [-0.25, -0.2) is 0 Å². The van der Waals surface area contributed by atoms with E-state index in [1.165, 1.54) is 0 Å². The second-order valence-corrected chi connectivity index (χ2v) is 8.88. The number of ether oxygens (including phenoxy) is 1. The lowest BCUT2D eigenvalue weighted by Gasteiger charge is -2.22. The second kappa shape index (κ2) is 11.9. The Hall–Kier alpha value is -4.63. The third-order valence-corrected chi connectivity index (χ3v) is 6.42. The highest BCUT2D eigenvalue weighted by atomic mass is 16.5. The highest BCUT2D eigenvalue weighted by Crippen LogP contribution is 2.36. The molecule has 0 radical (unpaired) electrons. The summed E-state index contributed by atoms with van der Waals surface area (Å²) in [7, 11) is 0. The van der Waals surface area contributed by atoms with Crippen molar-refractivity contribution in [1.29, 1.82) is 0 Å². The topological polar surface area (TPSA) is 42.1 Å². The zero-order chi connectivity index (χ0) is 25.3. The molecule has 3 heteroatoms. The lowest BCUT2D eigenvalue weighted by molar-refractivity contribution is -0.147. The van der Waals surface area contributed by atoms with Gasteiger partial charge in [-0.1, -0.05) is 115 Å². The van der Waals surface area contributed by atoms with Crippen LogP contribution in [0.5, 0.6) is 0 Å². The number of carbonyl (C=O) groups excluding carboxylic acids is 1. The zero-order valence-electron chi connectivity index (χ0n) is 20.6. The Kier molecular flexibility index (Phi) is 7.73. The first kappa shape index (κ1) is 24.1. The Morgan fingerprint density at radius 2 is 1.11 bits per heavy atom. The first-order valence-corrected chi connectivity index (χ1v) is 12.6. The maximum atomic E-state index is 13.0. The van der Waals surface area contributed by atoms with Crippen LogP contribution in [0.1, 0.15) is 29.2 Å². The van der Waals surface area contributed by atoms with Gasteiger partial charge in [0.15, 0.2) is 6.10 Å². The molecule has 0 atom stereocenters. The third kappa shape index (κ3) is 5.96. The molecule has 0 saturated carbocycles. The summed E-state index contributed by atoms with van der Waals surface area (Å²) in [5.41, 5.74) is 3.15. The van der Waals surface area contributed by atoms with Crippen LogP contribution in [0.15, 0.2) is 140 Å². The van der Waals surface area contributed by atoms with Crippen LogP contribution in [-0.2, 0) is 16.0 Å². The van der Waals surface area contributed by atoms with Gasteiger partial charge in [-0.15, -0.1) is 0 Å². The van der Waals surface area contributed by atoms with E-state index in [4.69, 9.17) is 4.74 Å². The number of aromatic nitrogens is 1. The van der Waals surface area contributed by atoms with Crippen molar-refractivity contribution in [3.8, 4) is 0 Å². The quantitative estimate of drug-likeness (QED) is 0.242. The molecule has 5 aromatic carbocycles. The number of aryl methyl sites for hydroxylation is 1. The highest BCUT2D eigenvalue weighted by molar-refractivity contribution is 5.90. The van der Waals surface area contributed by atoms with Gasteiger partial charge in [0, 0.05) is 29.9 Å². The van der Waals surface area contributed by atoms with E-state index in [2.05, 4.69) is 53.5 Å². The number of rotatable bonds is 6. The van der Waals surface area contributed by atoms with Crippen molar-refractivity contribution in [2.45, 2.75) is 18.9 Å². The van der Waals surface area contributed by atoms with Crippen molar-refractivity contribution in [2.75, 3.05) is 0 Å². The van der Waals surface area contributed by atoms with Crippen LogP contribution in [0.25, 0.3) is 21.5 Å². The lowest BCUT2D eigenvalue weighted by atomic mass is 9.92. The molecular weight excluding hydrogens is 454 g/mol. The van der Waals surface area contributed by atoms with E-state index in [0.29, 0.717) is 12.8 Å². The normalized spacial score (nSPS) is 10.7. The molecule has 1 aromatic heterocycles. The molecule has 0 spiro atoms. The fourth-order valence-electron chi connectivity index (χ4n) is 4.61. The Labute approximate surface area is 217 Å². The standard InChI is InChI=1S/C30H24O2.C4H5N/c31-29(21-20-22-10-2-1-3-11-22)32-30(27-18-8-14-23-12-4-6-16-25(23)27)28-19-9-15-24-13-5-7-17-26(24)28;1-2-4-5-3-1/h1-19,30H,20-21H2;1-5H. The van der Waals surface area contributed by atoms with Crippen molar-refractivity contribution in [1.82, 2.24) is 4.98 Å². The predicted octanol–water partition coefficient (Wildman–Crippen LogP) is 8.27. The van der Waals surface area contributed by atoms with Gasteiger partial charge in [-0.05, 0) is 45.7 Å². The maximum Gasteiger partial charge on any atom is 0.307 e. The van der Waals surface area contributed by atoms with Gasteiger partial charge in [-0.3, -0.25) is 4.79 Å². The molecule has 1 N–H and O–H groups in total. The molecule has 37 heavy (non-hydrogen) atoms. The summed E-state index contributed by atoms with van der Waals surface area (Å²) in [5, 5.41) is 4.47. The largest absolute Gasteiger partial charge is 0.452 e. The summed E-state index contributed by atoms with van der Waals surface area (Å²) in [5.74, 6) is -0.195. The molecule has 0 amide bonds. The number of hydrogen-bond acceptors (Lipinski definition) is 2. The molecule has 0 unspecified atom stereocenters. The fourth-order valence-corrected chi connectivity index (χ4v) is 4.61. The van der Waals surface area contributed by atoms with E-state index in [1.807, 2.05) is 91.3 Å². The van der Waals surface area contributed by atoms with Gasteiger partial charge >= 0.3 is 5.97 Å². The lowest BCUT2D eigenvalue weighted by Crippen LogP contribution is -2.14. The van der Waals surface area contributed by atoms with Crippen LogP contribution >= 0.6 is 0 Å². The van der Waals surface area contributed by atoms with Gasteiger partial charge in [0.05, 0.1) is 0 Å². The number of nitrogens with one attached hydrogen (secondary N) is 1. The van der Waals surface area contributed by atoms with Crippen molar-refractivity contribution in [3.63, 3.8) is 0 Å². The minimum absolute atomic E-state index is 0.195. The molecule has 1 heterocycles. The number of carbonyl (C=O) groups is 1. The highest BCUT2D eigenvalue weighted by Gasteiger charge is 2.23. The predicted molar refractivity (Wildman–Crippen MR) is 151 cm³/mol. The van der Waals surface area contributed by atoms with E-state index >= 15 is 0 Å². The molecule has 0 saturated heterocycles. The van der Waals surface area contributed by atoms with Crippen molar-refractivity contribution in [2.24, 2.45) is 0 Å². The maximum absolute atomic E-state index is 13.0. The zero-order valence-corrected chi connectivity index (χ0v) is 20.6. The molecule has 0 aliphatic rings. The number of H-pyrrole nitrogens is 1. The molecule has 182 valence electrons. The van der Waals surface area contributed by atoms with Crippen LogP contribution in [0.3, 0.4) is 0 Å². The van der Waals surface area contributed by atoms with E-state index in [1.54, 1.807) is 0 Å². The van der Waals surface area contributed by atoms with Crippen LogP contribution in [0.4, 0.5) is 0 Å². The summed E-state index contributed by atoms with van der Waals surface area (Å²) in [6.07, 6.45) is 4.28. The summed E-state index contributed by atoms with van der Waals surface area (Å²) >= 11 is 0. The number of aromatic amines is 1. The van der Waals surface area contributed by atoms with Gasteiger partial charge < -0.3 is 9.72 Å². The van der Waals surface area contributed by atoms with E-state index < -0.39 is 6.10 Å². The van der Waals surface area contributed by atoms with E-state index in [0.717, 1.165) is 38.2 Å². The summed E-state index contributed by atoms with van der Waals surface area (Å²) in [6.45, 7) is 0. The summed E-state index contributed by atoms with van der Waals surface area (Å²) in [4.78, 5) is 15.9. The van der Waals surface area contributed by atoms with Crippen molar-refractivity contribution in [3.05, 3.63) is 156 Å². The smallest absolute Gasteiger partial charge is 0.307 e. The number of esters is 1. The SMILES string of the molecule is O=C(CCc1ccccc1)OC(c1cccc2ccccc12)c1cccc2ccccc12.c1cc[nH]c1. The van der Waals surface area contributed by atoms with E-state index in [9.17, 15) is 4.79 Å². The summed E-state index contributed by atoms with van der Waals surface area (Å²) < 4.78 is 6.22. The molecule has 0 bridgehead atoms. The minimum atomic E-state index is -0.476. The Bertz CT molecular complexity index is 1470. The fraction of sp³-hybridized carbons (Fsp3) is 0.0882. The Morgan fingerprint density at radius 3 is 1.65 bits per heavy atom. The van der Waals surface area contributed by atoms with Gasteiger partial charge in [0.2, 0.25) is 0 Å². The molecule has 3 nitrogen and oxygen atoms in total. The molecular formula is C34H29NO2. The Morgan fingerprint density at radius 1 is 0.595 bits per heavy atom. The van der Waals surface area contributed by atoms with Crippen molar-refractivity contribution >= 4 is 27.5 Å². The molecule has 6 rings (SSSR count). The second-order valence-electron chi connectivity index (χ2n) is 8.88. The van der Waals surface area contributed by atoms with Crippen LogP contribution in [0.2, 0.25) is 0 Å². The number of benzene rings is 5. The number of hydrogen-bond donors (Lipinski definition) is 1. The monoisotopic (exact) mass is 483 g/mol. The summed E-state index contributed by atoms with van der Waals surface area (Å²) in [6, 6.07) is 42.9. The van der Waals surface area contributed by atoms with Gasteiger partial charge in [-0.2, -0.15) is 0 Å².